The highest BCUT2D eigenvalue weighted by atomic mass is 19.1. The third kappa shape index (κ3) is 4.01. The number of nitrogens with one attached hydrogen (secondary N) is 2. The minimum Gasteiger partial charge on any atom is -0.442 e. The maximum atomic E-state index is 14.4. The van der Waals surface area contributed by atoms with E-state index in [9.17, 15) is 14.0 Å². The second-order valence-electron chi connectivity index (χ2n) is 5.51. The van der Waals surface area contributed by atoms with Crippen molar-refractivity contribution in [2.75, 3.05) is 29.4 Å². The van der Waals surface area contributed by atoms with Gasteiger partial charge in [-0.05, 0) is 24.6 Å². The van der Waals surface area contributed by atoms with Gasteiger partial charge in [0.05, 0.1) is 30.8 Å². The molecule has 0 aliphatic carbocycles. The Morgan fingerprint density at radius 3 is 2.92 bits per heavy atom. The zero-order chi connectivity index (χ0) is 17.7. The minimum absolute atomic E-state index is 0.206. The first-order chi connectivity index (χ1) is 11.5. The van der Waals surface area contributed by atoms with Gasteiger partial charge in [-0.1, -0.05) is 6.92 Å². The summed E-state index contributed by atoms with van der Waals surface area (Å²) in [5.41, 5.74) is 0.672. The Balaban J connectivity index is 2.12. The highest BCUT2D eigenvalue weighted by Crippen LogP contribution is 2.27. The number of hydrogen-bond donors (Lipinski definition) is 2. The molecule has 1 saturated heterocycles. The predicted octanol–water partition coefficient (Wildman–Crippen LogP) is 2.11. The third-order valence-corrected chi connectivity index (χ3v) is 3.63. The highest BCUT2D eigenvalue weighted by molar-refractivity contribution is 5.90. The summed E-state index contributed by atoms with van der Waals surface area (Å²) in [5, 5.41) is 9.96. The SMILES string of the molecule is CCCN(C=N)c1ccc(N2CC(CNC(C)=O)OC2=O)cc1F. The van der Waals surface area contributed by atoms with Gasteiger partial charge in [0, 0.05) is 13.5 Å². The zero-order valence-electron chi connectivity index (χ0n) is 13.7. The number of rotatable bonds is 7. The van der Waals surface area contributed by atoms with Gasteiger partial charge in [0.15, 0.2) is 0 Å². The smallest absolute Gasteiger partial charge is 0.414 e. The number of ether oxygens (including phenoxy) is 1. The van der Waals surface area contributed by atoms with Crippen LogP contribution in [0.15, 0.2) is 18.2 Å². The molecule has 130 valence electrons. The van der Waals surface area contributed by atoms with Gasteiger partial charge in [0.25, 0.3) is 0 Å². The summed E-state index contributed by atoms with van der Waals surface area (Å²) >= 11 is 0. The highest BCUT2D eigenvalue weighted by Gasteiger charge is 2.32. The maximum absolute atomic E-state index is 14.4. The molecule has 1 atom stereocenters. The molecule has 2 amide bonds. The Hall–Kier alpha value is -2.64. The molecule has 1 aromatic carbocycles. The number of carbonyl (C=O) groups excluding carboxylic acids is 2. The summed E-state index contributed by atoms with van der Waals surface area (Å²) in [6.45, 7) is 4.31. The predicted molar refractivity (Wildman–Crippen MR) is 89.1 cm³/mol. The van der Waals surface area contributed by atoms with Crippen LogP contribution in [0.2, 0.25) is 0 Å². The Kier molecular flexibility index (Phi) is 5.73. The number of nitrogens with zero attached hydrogens (tertiary/aromatic N) is 2. The van der Waals surface area contributed by atoms with Gasteiger partial charge >= 0.3 is 6.09 Å². The Morgan fingerprint density at radius 2 is 2.33 bits per heavy atom. The average Bonchev–Trinajstić information content (AvgIpc) is 2.92. The van der Waals surface area contributed by atoms with Crippen molar-refractivity contribution in [3.63, 3.8) is 0 Å². The van der Waals surface area contributed by atoms with Crippen LogP contribution in [0.5, 0.6) is 0 Å². The van der Waals surface area contributed by atoms with E-state index in [-0.39, 0.29) is 24.7 Å². The molecular weight excluding hydrogens is 315 g/mol. The fourth-order valence-corrected chi connectivity index (χ4v) is 2.49. The van der Waals surface area contributed by atoms with Crippen LogP contribution in [0.1, 0.15) is 20.3 Å². The van der Waals surface area contributed by atoms with Gasteiger partial charge in [-0.15, -0.1) is 0 Å². The second kappa shape index (κ2) is 7.76. The van der Waals surface area contributed by atoms with Gasteiger partial charge in [-0.2, -0.15) is 0 Å². The third-order valence-electron chi connectivity index (χ3n) is 3.63. The number of benzene rings is 1. The molecule has 0 saturated carbocycles. The molecule has 1 aliphatic rings. The normalized spacial score (nSPS) is 16.7. The van der Waals surface area contributed by atoms with Gasteiger partial charge < -0.3 is 15.0 Å². The molecular formula is C16H21FN4O3. The lowest BCUT2D eigenvalue weighted by Crippen LogP contribution is -2.33. The average molecular weight is 336 g/mol. The molecule has 7 nitrogen and oxygen atoms in total. The first-order valence-corrected chi connectivity index (χ1v) is 7.75. The van der Waals surface area contributed by atoms with Crippen molar-refractivity contribution in [1.29, 1.82) is 5.41 Å². The molecule has 1 aliphatic heterocycles. The van der Waals surface area contributed by atoms with Crippen LogP contribution < -0.4 is 15.1 Å². The monoisotopic (exact) mass is 336 g/mol. The Labute approximate surface area is 139 Å². The summed E-state index contributed by atoms with van der Waals surface area (Å²) in [4.78, 5) is 25.7. The van der Waals surface area contributed by atoms with Gasteiger partial charge in [-0.25, -0.2) is 9.18 Å². The van der Waals surface area contributed by atoms with Crippen LogP contribution in [0, 0.1) is 11.2 Å². The van der Waals surface area contributed by atoms with Gasteiger partial charge in [-0.3, -0.25) is 15.1 Å². The molecule has 0 spiro atoms. The first-order valence-electron chi connectivity index (χ1n) is 7.75. The van der Waals surface area contributed by atoms with E-state index in [0.29, 0.717) is 12.2 Å². The molecule has 24 heavy (non-hydrogen) atoms. The molecule has 0 radical (unpaired) electrons. The zero-order valence-corrected chi connectivity index (χ0v) is 13.7. The van der Waals surface area contributed by atoms with E-state index in [2.05, 4.69) is 5.32 Å². The largest absolute Gasteiger partial charge is 0.442 e. The number of halogens is 1. The number of hydrogen-bond acceptors (Lipinski definition) is 4. The summed E-state index contributed by atoms with van der Waals surface area (Å²) < 4.78 is 19.5. The first kappa shape index (κ1) is 17.7. The van der Waals surface area contributed by atoms with Crippen molar-refractivity contribution >= 4 is 29.7 Å². The molecule has 1 aromatic rings. The summed E-state index contributed by atoms with van der Waals surface area (Å²) in [7, 11) is 0. The molecule has 0 aromatic heterocycles. The Bertz CT molecular complexity index is 638. The van der Waals surface area contributed by atoms with Crippen molar-refractivity contribution in [2.45, 2.75) is 26.4 Å². The standard InChI is InChI=1S/C16H21FN4O3/c1-3-6-20(10-18)15-5-4-12(7-14(15)17)21-9-13(24-16(21)23)8-19-11(2)22/h4-5,7,10,13,18H,3,6,8-9H2,1-2H3,(H,19,22). The van der Waals surface area contributed by atoms with Crippen molar-refractivity contribution in [1.82, 2.24) is 5.32 Å². The van der Waals surface area contributed by atoms with Crippen molar-refractivity contribution < 1.29 is 18.7 Å². The molecule has 1 heterocycles. The van der Waals surface area contributed by atoms with Crippen molar-refractivity contribution in [3.05, 3.63) is 24.0 Å². The van der Waals surface area contributed by atoms with Crippen LogP contribution in [0.25, 0.3) is 0 Å². The van der Waals surface area contributed by atoms with E-state index in [1.807, 2.05) is 6.92 Å². The second-order valence-corrected chi connectivity index (χ2v) is 5.51. The lowest BCUT2D eigenvalue weighted by molar-refractivity contribution is -0.119. The van der Waals surface area contributed by atoms with E-state index < -0.39 is 18.0 Å². The van der Waals surface area contributed by atoms with E-state index in [1.165, 1.54) is 22.8 Å². The fraction of sp³-hybridized carbons (Fsp3) is 0.438. The summed E-state index contributed by atoms with van der Waals surface area (Å²) in [6, 6.07) is 4.41. The number of carbonyl (C=O) groups is 2. The maximum Gasteiger partial charge on any atom is 0.414 e. The minimum atomic E-state index is -0.574. The Morgan fingerprint density at radius 1 is 1.58 bits per heavy atom. The van der Waals surface area contributed by atoms with Gasteiger partial charge in [0.2, 0.25) is 5.91 Å². The quantitative estimate of drug-likeness (QED) is 0.590. The van der Waals surface area contributed by atoms with Crippen LogP contribution in [-0.2, 0) is 9.53 Å². The molecule has 8 heteroatoms. The lowest BCUT2D eigenvalue weighted by atomic mass is 10.2. The van der Waals surface area contributed by atoms with Gasteiger partial charge in [0.1, 0.15) is 11.9 Å². The van der Waals surface area contributed by atoms with Crippen LogP contribution in [-0.4, -0.2) is 44.1 Å². The number of anilines is 2. The number of cyclic esters (lactones) is 1. The summed E-state index contributed by atoms with van der Waals surface area (Å²) in [6.07, 6.45) is 0.812. The van der Waals surface area contributed by atoms with E-state index in [4.69, 9.17) is 10.1 Å². The van der Waals surface area contributed by atoms with E-state index in [1.54, 1.807) is 12.1 Å². The molecule has 1 fully saturated rings. The van der Waals surface area contributed by atoms with Crippen LogP contribution in [0.3, 0.4) is 0 Å². The molecule has 2 N–H and O–H groups in total. The topological polar surface area (TPSA) is 85.7 Å². The molecule has 1 unspecified atom stereocenters. The van der Waals surface area contributed by atoms with E-state index in [0.717, 1.165) is 12.8 Å². The van der Waals surface area contributed by atoms with Crippen LogP contribution in [0.4, 0.5) is 20.6 Å². The molecule has 2 rings (SSSR count). The summed E-state index contributed by atoms with van der Waals surface area (Å²) in [5.74, 6) is -0.717. The fourth-order valence-electron chi connectivity index (χ4n) is 2.49. The lowest BCUT2D eigenvalue weighted by Gasteiger charge is -2.20. The van der Waals surface area contributed by atoms with E-state index >= 15 is 0 Å². The van der Waals surface area contributed by atoms with Crippen molar-refractivity contribution in [2.24, 2.45) is 0 Å². The number of amides is 2. The van der Waals surface area contributed by atoms with Crippen molar-refractivity contribution in [3.8, 4) is 0 Å². The molecule has 0 bridgehead atoms. The van der Waals surface area contributed by atoms with Crippen LogP contribution >= 0.6 is 0 Å².